The summed E-state index contributed by atoms with van der Waals surface area (Å²) in [6, 6.07) is 0. The summed E-state index contributed by atoms with van der Waals surface area (Å²) >= 11 is 0. The van der Waals surface area contributed by atoms with E-state index in [4.69, 9.17) is 14.6 Å². The fourth-order valence-corrected chi connectivity index (χ4v) is 0.978. The van der Waals surface area contributed by atoms with Gasteiger partial charge in [-0.15, -0.1) is 0 Å². The monoisotopic (exact) mass is 132 g/mol. The van der Waals surface area contributed by atoms with E-state index in [0.29, 0.717) is 13.2 Å². The highest BCUT2D eigenvalue weighted by Crippen LogP contribution is 2.09. The molecule has 9 heavy (non-hydrogen) atoms. The lowest BCUT2D eigenvalue weighted by Gasteiger charge is -2.25. The van der Waals surface area contributed by atoms with Gasteiger partial charge in [0.2, 0.25) is 0 Å². The Labute approximate surface area is 54.6 Å². The van der Waals surface area contributed by atoms with Crippen LogP contribution in [0.3, 0.4) is 0 Å². The van der Waals surface area contributed by atoms with Crippen molar-refractivity contribution in [2.45, 2.75) is 18.6 Å². The van der Waals surface area contributed by atoms with E-state index in [1.165, 1.54) is 0 Å². The Morgan fingerprint density at radius 3 is 2.89 bits per heavy atom. The van der Waals surface area contributed by atoms with E-state index < -0.39 is 6.10 Å². The first-order chi connectivity index (χ1) is 4.34. The lowest BCUT2D eigenvalue weighted by molar-refractivity contribution is -0.100. The summed E-state index contributed by atoms with van der Waals surface area (Å²) in [4.78, 5) is 0. The Morgan fingerprint density at radius 2 is 2.44 bits per heavy atom. The standard InChI is InChI=1S/C6H12O3/c1-8-6-2-3-9-4-5(6)7/h5-7H,2-4H2,1H3. The van der Waals surface area contributed by atoms with Gasteiger partial charge < -0.3 is 14.6 Å². The van der Waals surface area contributed by atoms with Gasteiger partial charge in [-0.1, -0.05) is 0 Å². The van der Waals surface area contributed by atoms with Crippen LogP contribution in [0.1, 0.15) is 6.42 Å². The SMILES string of the molecule is COC1CCOCC1O. The van der Waals surface area contributed by atoms with Crippen molar-refractivity contribution in [1.82, 2.24) is 0 Å². The lowest BCUT2D eigenvalue weighted by atomic mass is 10.1. The van der Waals surface area contributed by atoms with Crippen LogP contribution in [0.25, 0.3) is 0 Å². The number of aliphatic hydroxyl groups excluding tert-OH is 1. The van der Waals surface area contributed by atoms with E-state index in [1.54, 1.807) is 7.11 Å². The van der Waals surface area contributed by atoms with Gasteiger partial charge in [-0.05, 0) is 6.42 Å². The average Bonchev–Trinajstić information content (AvgIpc) is 1.89. The summed E-state index contributed by atoms with van der Waals surface area (Å²) in [5, 5.41) is 9.12. The first kappa shape index (κ1) is 6.99. The smallest absolute Gasteiger partial charge is 0.103 e. The molecule has 0 aromatic rings. The second kappa shape index (κ2) is 3.15. The first-order valence-electron chi connectivity index (χ1n) is 3.13. The van der Waals surface area contributed by atoms with Crippen molar-refractivity contribution in [2.24, 2.45) is 0 Å². The molecule has 1 rings (SSSR count). The van der Waals surface area contributed by atoms with Gasteiger partial charge >= 0.3 is 0 Å². The van der Waals surface area contributed by atoms with Crippen LogP contribution in [0.15, 0.2) is 0 Å². The fourth-order valence-electron chi connectivity index (χ4n) is 0.978. The van der Waals surface area contributed by atoms with Gasteiger partial charge in [-0.3, -0.25) is 0 Å². The Bertz CT molecular complexity index is 84.4. The molecule has 0 spiro atoms. The minimum atomic E-state index is -0.427. The molecular formula is C6H12O3. The fraction of sp³-hybridized carbons (Fsp3) is 1.00. The van der Waals surface area contributed by atoms with Crippen molar-refractivity contribution in [1.29, 1.82) is 0 Å². The van der Waals surface area contributed by atoms with Crippen molar-refractivity contribution in [3.8, 4) is 0 Å². The number of hydrogen-bond donors (Lipinski definition) is 1. The molecule has 0 saturated carbocycles. The van der Waals surface area contributed by atoms with Crippen molar-refractivity contribution in [3.05, 3.63) is 0 Å². The molecule has 1 aliphatic heterocycles. The van der Waals surface area contributed by atoms with Crippen LogP contribution in [-0.2, 0) is 9.47 Å². The Hall–Kier alpha value is -0.120. The maximum Gasteiger partial charge on any atom is 0.103 e. The maximum atomic E-state index is 9.12. The molecular weight excluding hydrogens is 120 g/mol. The molecule has 1 aliphatic rings. The van der Waals surface area contributed by atoms with Crippen LogP contribution < -0.4 is 0 Å². The molecule has 3 nitrogen and oxygen atoms in total. The Kier molecular flexibility index (Phi) is 2.45. The van der Waals surface area contributed by atoms with Crippen LogP contribution in [0, 0.1) is 0 Å². The molecule has 1 N–H and O–H groups in total. The second-order valence-corrected chi connectivity index (χ2v) is 2.21. The van der Waals surface area contributed by atoms with Gasteiger partial charge in [0.1, 0.15) is 6.10 Å². The van der Waals surface area contributed by atoms with Gasteiger partial charge in [0.25, 0.3) is 0 Å². The number of methoxy groups -OCH3 is 1. The predicted octanol–water partition coefficient (Wildman–Crippen LogP) is -0.217. The highest BCUT2D eigenvalue weighted by molar-refractivity contribution is 4.71. The van der Waals surface area contributed by atoms with Gasteiger partial charge in [-0.2, -0.15) is 0 Å². The number of aliphatic hydroxyl groups is 1. The lowest BCUT2D eigenvalue weighted by Crippen LogP contribution is -2.37. The van der Waals surface area contributed by atoms with Crippen molar-refractivity contribution < 1.29 is 14.6 Å². The van der Waals surface area contributed by atoms with E-state index >= 15 is 0 Å². The van der Waals surface area contributed by atoms with Gasteiger partial charge in [-0.25, -0.2) is 0 Å². The third-order valence-corrected chi connectivity index (χ3v) is 1.57. The number of hydrogen-bond acceptors (Lipinski definition) is 3. The molecule has 1 fully saturated rings. The summed E-state index contributed by atoms with van der Waals surface area (Å²) in [6.45, 7) is 1.12. The van der Waals surface area contributed by atoms with Crippen LogP contribution in [0.4, 0.5) is 0 Å². The molecule has 2 atom stereocenters. The van der Waals surface area contributed by atoms with Gasteiger partial charge in [0.05, 0.1) is 12.7 Å². The molecule has 0 aliphatic carbocycles. The topological polar surface area (TPSA) is 38.7 Å². The van der Waals surface area contributed by atoms with Crippen molar-refractivity contribution in [3.63, 3.8) is 0 Å². The maximum absolute atomic E-state index is 9.12. The third kappa shape index (κ3) is 1.64. The minimum absolute atomic E-state index is 0.0150. The van der Waals surface area contributed by atoms with E-state index in [0.717, 1.165) is 6.42 Å². The number of ether oxygens (including phenoxy) is 2. The van der Waals surface area contributed by atoms with E-state index in [-0.39, 0.29) is 6.10 Å². The van der Waals surface area contributed by atoms with Crippen molar-refractivity contribution in [2.75, 3.05) is 20.3 Å². The molecule has 0 aromatic carbocycles. The van der Waals surface area contributed by atoms with Crippen LogP contribution in [-0.4, -0.2) is 37.6 Å². The quantitative estimate of drug-likeness (QED) is 0.536. The zero-order valence-electron chi connectivity index (χ0n) is 5.54. The highest BCUT2D eigenvalue weighted by atomic mass is 16.5. The van der Waals surface area contributed by atoms with E-state index in [2.05, 4.69) is 0 Å². The Balaban J connectivity index is 2.30. The molecule has 0 aromatic heterocycles. The summed E-state index contributed by atoms with van der Waals surface area (Å²) in [5.41, 5.74) is 0. The molecule has 0 amide bonds. The minimum Gasteiger partial charge on any atom is -0.388 e. The normalized spacial score (nSPS) is 36.7. The zero-order valence-corrected chi connectivity index (χ0v) is 5.54. The molecule has 0 radical (unpaired) electrons. The largest absolute Gasteiger partial charge is 0.388 e. The molecule has 3 heteroatoms. The average molecular weight is 132 g/mol. The van der Waals surface area contributed by atoms with E-state index in [9.17, 15) is 0 Å². The van der Waals surface area contributed by atoms with Crippen LogP contribution in [0.2, 0.25) is 0 Å². The first-order valence-corrected chi connectivity index (χ1v) is 3.13. The summed E-state index contributed by atoms with van der Waals surface area (Å²) in [7, 11) is 1.61. The summed E-state index contributed by atoms with van der Waals surface area (Å²) < 4.78 is 9.96. The molecule has 0 bridgehead atoms. The molecule has 2 unspecified atom stereocenters. The highest BCUT2D eigenvalue weighted by Gasteiger charge is 2.22. The summed E-state index contributed by atoms with van der Waals surface area (Å²) in [5.74, 6) is 0. The molecule has 54 valence electrons. The van der Waals surface area contributed by atoms with Gasteiger partial charge in [0.15, 0.2) is 0 Å². The van der Waals surface area contributed by atoms with Crippen LogP contribution >= 0.6 is 0 Å². The second-order valence-electron chi connectivity index (χ2n) is 2.21. The third-order valence-electron chi connectivity index (χ3n) is 1.57. The summed E-state index contributed by atoms with van der Waals surface area (Å²) in [6.07, 6.45) is 0.361. The van der Waals surface area contributed by atoms with Crippen LogP contribution in [0.5, 0.6) is 0 Å². The predicted molar refractivity (Wildman–Crippen MR) is 32.2 cm³/mol. The van der Waals surface area contributed by atoms with E-state index in [1.807, 2.05) is 0 Å². The zero-order chi connectivity index (χ0) is 6.69. The van der Waals surface area contributed by atoms with Crippen molar-refractivity contribution >= 4 is 0 Å². The van der Waals surface area contributed by atoms with Gasteiger partial charge in [0, 0.05) is 13.7 Å². The molecule has 1 saturated heterocycles. The molecule has 1 heterocycles. The Morgan fingerprint density at radius 1 is 1.67 bits per heavy atom. The number of rotatable bonds is 1.